The van der Waals surface area contributed by atoms with Crippen LogP contribution in [0.1, 0.15) is 5.56 Å². The molecule has 60 valence electrons. The van der Waals surface area contributed by atoms with Crippen LogP contribution in [0.15, 0.2) is 6.20 Å². The van der Waals surface area contributed by atoms with Crippen molar-refractivity contribution in [2.75, 3.05) is 10.9 Å². The maximum absolute atomic E-state index is 5.17. The Morgan fingerprint density at radius 3 is 2.64 bits per heavy atom. The van der Waals surface area contributed by atoms with E-state index in [9.17, 15) is 0 Å². The van der Waals surface area contributed by atoms with Crippen LogP contribution in [0.25, 0.3) is 0 Å². The highest BCUT2D eigenvalue weighted by Crippen LogP contribution is 2.09. The average Bonchev–Trinajstić information content (AvgIpc) is 2.05. The van der Waals surface area contributed by atoms with E-state index in [1.54, 1.807) is 6.20 Å². The van der Waals surface area contributed by atoms with E-state index < -0.39 is 0 Å². The molecule has 0 fully saturated rings. The van der Waals surface area contributed by atoms with Crippen LogP contribution in [0.2, 0.25) is 0 Å². The molecule has 0 aromatic carbocycles. The Bertz CT molecular complexity index is 247. The van der Waals surface area contributed by atoms with E-state index in [-0.39, 0.29) is 0 Å². The van der Waals surface area contributed by atoms with Crippen LogP contribution in [0.3, 0.4) is 0 Å². The highest BCUT2D eigenvalue weighted by atomic mass is 15.3. The zero-order chi connectivity index (χ0) is 8.27. The topological polar surface area (TPSA) is 102 Å². The third-order valence-electron chi connectivity index (χ3n) is 1.24. The number of nitrogen functional groups attached to an aromatic ring is 2. The third kappa shape index (κ3) is 1.54. The second kappa shape index (κ2) is 3.13. The number of nitrogens with zero attached hydrogens (tertiary/aromatic N) is 2. The van der Waals surface area contributed by atoms with Crippen LogP contribution in [-0.2, 0) is 0 Å². The van der Waals surface area contributed by atoms with Crippen LogP contribution in [0.5, 0.6) is 0 Å². The van der Waals surface area contributed by atoms with E-state index >= 15 is 0 Å². The minimum Gasteiger partial charge on any atom is -0.308 e. The van der Waals surface area contributed by atoms with Gasteiger partial charge < -0.3 is 5.43 Å². The Morgan fingerprint density at radius 1 is 1.36 bits per heavy atom. The first-order chi connectivity index (χ1) is 5.27. The number of aryl methyl sites for hydroxylation is 1. The Hall–Kier alpha value is -1.40. The summed E-state index contributed by atoms with van der Waals surface area (Å²) in [4.78, 5) is 7.79. The SMILES string of the molecule is Cc1cnc(NN)nc1NN. The Morgan fingerprint density at radius 2 is 2.09 bits per heavy atom. The lowest BCUT2D eigenvalue weighted by molar-refractivity contribution is 1.08. The summed E-state index contributed by atoms with van der Waals surface area (Å²) in [6.45, 7) is 1.84. The Balaban J connectivity index is 3.02. The van der Waals surface area contributed by atoms with Gasteiger partial charge in [0.15, 0.2) is 0 Å². The zero-order valence-corrected chi connectivity index (χ0v) is 6.13. The van der Waals surface area contributed by atoms with E-state index in [1.807, 2.05) is 6.92 Å². The van der Waals surface area contributed by atoms with Gasteiger partial charge >= 0.3 is 0 Å². The molecule has 0 bridgehead atoms. The molecule has 0 aliphatic rings. The smallest absolute Gasteiger partial charge is 0.239 e. The molecule has 6 nitrogen and oxygen atoms in total. The molecule has 0 saturated carbocycles. The lowest BCUT2D eigenvalue weighted by Gasteiger charge is -2.04. The summed E-state index contributed by atoms with van der Waals surface area (Å²) in [6, 6.07) is 0. The maximum atomic E-state index is 5.17. The summed E-state index contributed by atoms with van der Waals surface area (Å²) < 4.78 is 0. The molecule has 1 aromatic heterocycles. The van der Waals surface area contributed by atoms with E-state index in [1.165, 1.54) is 0 Å². The molecule has 0 aliphatic carbocycles. The van der Waals surface area contributed by atoms with Crippen molar-refractivity contribution in [3.05, 3.63) is 11.8 Å². The van der Waals surface area contributed by atoms with Gasteiger partial charge in [-0.05, 0) is 6.92 Å². The molecule has 0 aliphatic heterocycles. The van der Waals surface area contributed by atoms with Crippen molar-refractivity contribution in [2.24, 2.45) is 11.7 Å². The molecule has 0 saturated heterocycles. The zero-order valence-electron chi connectivity index (χ0n) is 6.13. The normalized spacial score (nSPS) is 9.36. The Labute approximate surface area is 64.0 Å². The lowest BCUT2D eigenvalue weighted by Crippen LogP contribution is -2.15. The summed E-state index contributed by atoms with van der Waals surface area (Å²) in [5.74, 6) is 11.1. The highest BCUT2D eigenvalue weighted by molar-refractivity contribution is 5.44. The van der Waals surface area contributed by atoms with E-state index in [0.717, 1.165) is 5.56 Å². The number of anilines is 2. The van der Waals surface area contributed by atoms with E-state index in [2.05, 4.69) is 20.8 Å². The quantitative estimate of drug-likeness (QED) is 0.333. The second-order valence-electron chi connectivity index (χ2n) is 2.01. The van der Waals surface area contributed by atoms with Crippen molar-refractivity contribution in [3.8, 4) is 0 Å². The van der Waals surface area contributed by atoms with Crippen LogP contribution >= 0.6 is 0 Å². The predicted octanol–water partition coefficient (Wildman–Crippen LogP) is -0.644. The molecular formula is C5H10N6. The average molecular weight is 154 g/mol. The summed E-state index contributed by atoms with van der Waals surface area (Å²) in [7, 11) is 0. The van der Waals surface area contributed by atoms with Gasteiger partial charge in [0.1, 0.15) is 5.82 Å². The molecule has 0 atom stereocenters. The van der Waals surface area contributed by atoms with E-state index in [4.69, 9.17) is 11.7 Å². The first-order valence-corrected chi connectivity index (χ1v) is 3.05. The molecule has 1 heterocycles. The molecule has 0 amide bonds. The number of aromatic nitrogens is 2. The maximum Gasteiger partial charge on any atom is 0.239 e. The first kappa shape index (κ1) is 7.70. The summed E-state index contributed by atoms with van der Waals surface area (Å²) in [5.41, 5.74) is 5.60. The minimum atomic E-state index is 0.337. The molecule has 11 heavy (non-hydrogen) atoms. The minimum absolute atomic E-state index is 0.337. The van der Waals surface area contributed by atoms with Gasteiger partial charge in [-0.2, -0.15) is 4.98 Å². The fourth-order valence-corrected chi connectivity index (χ4v) is 0.658. The third-order valence-corrected chi connectivity index (χ3v) is 1.24. The van der Waals surface area contributed by atoms with Gasteiger partial charge in [-0.3, -0.25) is 5.43 Å². The van der Waals surface area contributed by atoms with E-state index in [0.29, 0.717) is 11.8 Å². The molecule has 6 N–H and O–H groups in total. The van der Waals surface area contributed by atoms with Gasteiger partial charge in [0.05, 0.1) is 0 Å². The van der Waals surface area contributed by atoms with Gasteiger partial charge in [0.25, 0.3) is 0 Å². The largest absolute Gasteiger partial charge is 0.308 e. The molecule has 0 spiro atoms. The summed E-state index contributed by atoms with van der Waals surface area (Å²) >= 11 is 0. The predicted molar refractivity (Wildman–Crippen MR) is 42.4 cm³/mol. The van der Waals surface area contributed by atoms with Crippen LogP contribution < -0.4 is 22.5 Å². The fourth-order valence-electron chi connectivity index (χ4n) is 0.658. The van der Waals surface area contributed by atoms with Crippen molar-refractivity contribution in [1.29, 1.82) is 0 Å². The molecule has 0 radical (unpaired) electrons. The lowest BCUT2D eigenvalue weighted by atomic mass is 10.3. The number of hydrogen-bond acceptors (Lipinski definition) is 6. The van der Waals surface area contributed by atoms with Crippen LogP contribution in [0, 0.1) is 6.92 Å². The van der Waals surface area contributed by atoms with Gasteiger partial charge in [0, 0.05) is 11.8 Å². The number of nitrogens with one attached hydrogen (secondary N) is 2. The number of rotatable bonds is 2. The first-order valence-electron chi connectivity index (χ1n) is 3.05. The number of hydrogen-bond donors (Lipinski definition) is 4. The van der Waals surface area contributed by atoms with Gasteiger partial charge in [-0.15, -0.1) is 0 Å². The van der Waals surface area contributed by atoms with Crippen LogP contribution in [-0.4, -0.2) is 9.97 Å². The standard InChI is InChI=1S/C5H10N6/c1-3-2-8-5(11-7)9-4(3)10-6/h2H,6-7H2,1H3,(H2,8,9,10,11). The second-order valence-corrected chi connectivity index (χ2v) is 2.01. The van der Waals surface area contributed by atoms with Crippen LogP contribution in [0.4, 0.5) is 11.8 Å². The Kier molecular flexibility index (Phi) is 2.19. The van der Waals surface area contributed by atoms with Gasteiger partial charge in [-0.25, -0.2) is 16.7 Å². The van der Waals surface area contributed by atoms with Crippen molar-refractivity contribution in [1.82, 2.24) is 9.97 Å². The molecule has 6 heteroatoms. The molecule has 1 aromatic rings. The van der Waals surface area contributed by atoms with Crippen molar-refractivity contribution < 1.29 is 0 Å². The monoisotopic (exact) mass is 154 g/mol. The fraction of sp³-hybridized carbons (Fsp3) is 0.200. The van der Waals surface area contributed by atoms with Crippen molar-refractivity contribution in [2.45, 2.75) is 6.92 Å². The van der Waals surface area contributed by atoms with Crippen molar-refractivity contribution in [3.63, 3.8) is 0 Å². The highest BCUT2D eigenvalue weighted by Gasteiger charge is 1.99. The van der Waals surface area contributed by atoms with Crippen molar-refractivity contribution >= 4 is 11.8 Å². The number of hydrazine groups is 2. The van der Waals surface area contributed by atoms with Gasteiger partial charge in [0.2, 0.25) is 5.95 Å². The summed E-state index contributed by atoms with van der Waals surface area (Å²) in [6.07, 6.45) is 1.62. The van der Waals surface area contributed by atoms with Gasteiger partial charge in [-0.1, -0.05) is 0 Å². The molecule has 0 unspecified atom stereocenters. The molecule has 1 rings (SSSR count). The summed E-state index contributed by atoms with van der Waals surface area (Å²) in [5, 5.41) is 0. The number of nitrogens with two attached hydrogens (primary N) is 2. The molecular weight excluding hydrogens is 144 g/mol.